The molecule has 0 radical (unpaired) electrons. The predicted molar refractivity (Wildman–Crippen MR) is 146 cm³/mol. The summed E-state index contributed by atoms with van der Waals surface area (Å²) in [5.74, 6) is 0.751. The molecule has 0 bridgehead atoms. The summed E-state index contributed by atoms with van der Waals surface area (Å²) in [6, 6.07) is -0.702. The third-order valence-electron chi connectivity index (χ3n) is 9.86. The highest BCUT2D eigenvalue weighted by Gasteiger charge is 2.54. The topological polar surface area (TPSA) is 88.5 Å². The molecule has 3 atom stereocenters. The normalized spacial score (nSPS) is 31.5. The number of hydrogen-bond donors (Lipinski definition) is 2. The molecule has 208 valence electrons. The standard InChI is InChI=1S/C30H51N5O2/c1-29(2,3)22-13-15-24(16-14-22)35(28(37)26-30(4,5)19-34(26)20-31)25(21-10-9-17-32-18-21)27(36)33-23-11-7-6-8-12-23/h21-26,32H,6-19H2,1-5H3,(H,33,36)/t21?,22?,24?,25?,26-/m1/s1. The Morgan fingerprint density at radius 3 is 2.24 bits per heavy atom. The lowest BCUT2D eigenvalue weighted by atomic mass is 9.70. The van der Waals surface area contributed by atoms with E-state index in [9.17, 15) is 14.9 Å². The van der Waals surface area contributed by atoms with Gasteiger partial charge >= 0.3 is 0 Å². The fourth-order valence-electron chi connectivity index (χ4n) is 7.64. The van der Waals surface area contributed by atoms with E-state index >= 15 is 0 Å². The highest BCUT2D eigenvalue weighted by molar-refractivity contribution is 5.91. The van der Waals surface area contributed by atoms with E-state index in [1.807, 2.05) is 4.90 Å². The van der Waals surface area contributed by atoms with Crippen molar-refractivity contribution >= 4 is 11.8 Å². The molecule has 7 heteroatoms. The second kappa shape index (κ2) is 11.5. The Bertz CT molecular complexity index is 839. The summed E-state index contributed by atoms with van der Waals surface area (Å²) >= 11 is 0. The van der Waals surface area contributed by atoms with Crippen molar-refractivity contribution in [3.05, 3.63) is 0 Å². The number of carbonyl (C=O) groups is 2. The van der Waals surface area contributed by atoms with Gasteiger partial charge in [-0.05, 0) is 69.2 Å². The van der Waals surface area contributed by atoms with Crippen molar-refractivity contribution in [3.8, 4) is 6.19 Å². The molecule has 37 heavy (non-hydrogen) atoms. The van der Waals surface area contributed by atoms with Gasteiger partial charge in [-0.3, -0.25) is 14.5 Å². The number of nitriles is 1. The number of carbonyl (C=O) groups excluding carboxylic acids is 2. The zero-order valence-corrected chi connectivity index (χ0v) is 24.0. The SMILES string of the molecule is CC(C)(C)C1CCC(N(C(=O)[C@H]2N(C#N)CC2(C)C)C(C(=O)NC2CCCCC2)C2CCCNC2)CC1. The van der Waals surface area contributed by atoms with Gasteiger partial charge < -0.3 is 15.5 Å². The Labute approximate surface area is 225 Å². The van der Waals surface area contributed by atoms with Gasteiger partial charge in [-0.15, -0.1) is 0 Å². The summed E-state index contributed by atoms with van der Waals surface area (Å²) in [5.41, 5.74) is -0.0265. The second-order valence-corrected chi connectivity index (χ2v) is 14.1. The average Bonchev–Trinajstić information content (AvgIpc) is 2.86. The van der Waals surface area contributed by atoms with Crippen molar-refractivity contribution in [1.82, 2.24) is 20.4 Å². The van der Waals surface area contributed by atoms with Crippen LogP contribution in [-0.2, 0) is 9.59 Å². The van der Waals surface area contributed by atoms with Gasteiger partial charge in [0.15, 0.2) is 6.19 Å². The van der Waals surface area contributed by atoms with Crippen molar-refractivity contribution in [2.75, 3.05) is 19.6 Å². The first-order valence-corrected chi connectivity index (χ1v) is 15.0. The Morgan fingerprint density at radius 2 is 1.70 bits per heavy atom. The third-order valence-corrected chi connectivity index (χ3v) is 9.86. The molecule has 2 unspecified atom stereocenters. The Balaban J connectivity index is 1.65. The maximum absolute atomic E-state index is 14.5. The van der Waals surface area contributed by atoms with Crippen molar-refractivity contribution in [3.63, 3.8) is 0 Å². The second-order valence-electron chi connectivity index (χ2n) is 14.1. The summed E-state index contributed by atoms with van der Waals surface area (Å²) in [7, 11) is 0. The van der Waals surface area contributed by atoms with E-state index in [-0.39, 0.29) is 40.6 Å². The van der Waals surface area contributed by atoms with E-state index in [2.05, 4.69) is 51.4 Å². The van der Waals surface area contributed by atoms with Gasteiger partial charge in [-0.1, -0.05) is 53.9 Å². The van der Waals surface area contributed by atoms with Crippen LogP contribution in [-0.4, -0.2) is 65.4 Å². The van der Waals surface area contributed by atoms with Crippen molar-refractivity contribution in [1.29, 1.82) is 5.26 Å². The minimum absolute atomic E-state index is 0.00798. The lowest BCUT2D eigenvalue weighted by molar-refractivity contribution is -0.161. The van der Waals surface area contributed by atoms with Crippen LogP contribution >= 0.6 is 0 Å². The molecule has 0 aromatic rings. The zero-order valence-electron chi connectivity index (χ0n) is 24.0. The fourth-order valence-corrected chi connectivity index (χ4v) is 7.64. The van der Waals surface area contributed by atoms with Gasteiger partial charge in [-0.2, -0.15) is 5.26 Å². The average molecular weight is 514 g/mol. The van der Waals surface area contributed by atoms with E-state index in [1.54, 1.807) is 4.90 Å². The molecule has 4 fully saturated rings. The molecule has 0 aromatic carbocycles. The maximum Gasteiger partial charge on any atom is 0.247 e. The molecule has 0 spiro atoms. The number of hydrogen-bond acceptors (Lipinski definition) is 5. The van der Waals surface area contributed by atoms with Gasteiger partial charge in [0.05, 0.1) is 0 Å². The lowest BCUT2D eigenvalue weighted by Crippen LogP contribution is -2.70. The number of rotatable bonds is 6. The molecule has 2 saturated carbocycles. The molecule has 7 nitrogen and oxygen atoms in total. The zero-order chi connectivity index (χ0) is 26.8. The van der Waals surface area contributed by atoms with E-state index in [1.165, 1.54) is 6.42 Å². The molecule has 2 amide bonds. The first-order valence-electron chi connectivity index (χ1n) is 15.0. The molecular weight excluding hydrogens is 462 g/mol. The van der Waals surface area contributed by atoms with Crippen LogP contribution in [0.4, 0.5) is 0 Å². The van der Waals surface area contributed by atoms with Crippen LogP contribution < -0.4 is 10.6 Å². The highest BCUT2D eigenvalue weighted by Crippen LogP contribution is 2.43. The van der Waals surface area contributed by atoms with Crippen LogP contribution in [0.15, 0.2) is 0 Å². The van der Waals surface area contributed by atoms with Crippen molar-refractivity contribution in [2.24, 2.45) is 22.7 Å². The van der Waals surface area contributed by atoms with E-state index in [0.29, 0.717) is 12.5 Å². The van der Waals surface area contributed by atoms with E-state index in [4.69, 9.17) is 0 Å². The van der Waals surface area contributed by atoms with Crippen molar-refractivity contribution in [2.45, 2.75) is 129 Å². The minimum Gasteiger partial charge on any atom is -0.352 e. The molecule has 2 aliphatic carbocycles. The number of amides is 2. The monoisotopic (exact) mass is 513 g/mol. The van der Waals surface area contributed by atoms with Gasteiger partial charge in [0.2, 0.25) is 11.8 Å². The minimum atomic E-state index is -0.487. The van der Waals surface area contributed by atoms with Crippen LogP contribution in [0.25, 0.3) is 0 Å². The van der Waals surface area contributed by atoms with Gasteiger partial charge in [0, 0.05) is 36.5 Å². The predicted octanol–water partition coefficient (Wildman–Crippen LogP) is 4.43. The smallest absolute Gasteiger partial charge is 0.247 e. The molecular formula is C30H51N5O2. The number of nitrogens with zero attached hydrogens (tertiary/aromatic N) is 3. The Morgan fingerprint density at radius 1 is 1.03 bits per heavy atom. The summed E-state index contributed by atoms with van der Waals surface area (Å²) in [6.07, 6.45) is 13.9. The van der Waals surface area contributed by atoms with Crippen LogP contribution in [0, 0.1) is 34.1 Å². The molecule has 4 aliphatic rings. The maximum atomic E-state index is 14.5. The fraction of sp³-hybridized carbons (Fsp3) is 0.900. The Kier molecular flexibility index (Phi) is 8.78. The van der Waals surface area contributed by atoms with Gasteiger partial charge in [-0.25, -0.2) is 0 Å². The van der Waals surface area contributed by atoms with Crippen LogP contribution in [0.2, 0.25) is 0 Å². The molecule has 2 saturated heterocycles. The number of piperidine rings is 1. The van der Waals surface area contributed by atoms with Gasteiger partial charge in [0.25, 0.3) is 0 Å². The largest absolute Gasteiger partial charge is 0.352 e. The summed E-state index contributed by atoms with van der Waals surface area (Å²) in [4.78, 5) is 32.3. The van der Waals surface area contributed by atoms with E-state index in [0.717, 1.165) is 77.3 Å². The van der Waals surface area contributed by atoms with Crippen LogP contribution in [0.3, 0.4) is 0 Å². The molecule has 4 rings (SSSR count). The number of likely N-dealkylation sites (tertiary alicyclic amines) is 1. The number of nitrogens with one attached hydrogen (secondary N) is 2. The van der Waals surface area contributed by atoms with Crippen LogP contribution in [0.5, 0.6) is 0 Å². The summed E-state index contributed by atoms with van der Waals surface area (Å²) < 4.78 is 0. The molecule has 2 heterocycles. The lowest BCUT2D eigenvalue weighted by Gasteiger charge is -2.54. The molecule has 0 aromatic heterocycles. The molecule has 2 N–H and O–H groups in total. The Hall–Kier alpha value is -1.81. The molecule has 2 aliphatic heterocycles. The summed E-state index contributed by atoms with van der Waals surface area (Å²) in [5, 5.41) is 16.7. The quantitative estimate of drug-likeness (QED) is 0.513. The van der Waals surface area contributed by atoms with E-state index < -0.39 is 12.1 Å². The third kappa shape index (κ3) is 6.27. The highest BCUT2D eigenvalue weighted by atomic mass is 16.2. The first-order chi connectivity index (χ1) is 17.5. The summed E-state index contributed by atoms with van der Waals surface area (Å²) in [6.45, 7) is 13.4. The van der Waals surface area contributed by atoms with Crippen LogP contribution in [0.1, 0.15) is 105 Å². The van der Waals surface area contributed by atoms with Crippen molar-refractivity contribution < 1.29 is 9.59 Å². The first kappa shape index (κ1) is 28.2. The van der Waals surface area contributed by atoms with Gasteiger partial charge in [0.1, 0.15) is 12.1 Å².